The van der Waals surface area contributed by atoms with Gasteiger partial charge in [-0.15, -0.1) is 0 Å². The maximum atomic E-state index is 11.9. The smallest absolute Gasteiger partial charge is 0.225 e. The summed E-state index contributed by atoms with van der Waals surface area (Å²) in [7, 11) is 6.96. The average molecular weight is 364 g/mol. The number of methoxy groups -OCH3 is 2. The van der Waals surface area contributed by atoms with E-state index >= 15 is 0 Å². The zero-order chi connectivity index (χ0) is 19.7. The number of guanidine groups is 1. The van der Waals surface area contributed by atoms with E-state index in [0.717, 1.165) is 23.0 Å². The lowest BCUT2D eigenvalue weighted by Gasteiger charge is -2.24. The number of hydrogen-bond donors (Lipinski definition) is 2. The molecule has 0 saturated carbocycles. The van der Waals surface area contributed by atoms with Gasteiger partial charge in [-0.1, -0.05) is 20.8 Å². The molecule has 1 aromatic carbocycles. The van der Waals surface area contributed by atoms with Crippen LogP contribution in [0.25, 0.3) is 0 Å². The van der Waals surface area contributed by atoms with Crippen molar-refractivity contribution in [3.63, 3.8) is 0 Å². The van der Waals surface area contributed by atoms with Crippen LogP contribution in [0.5, 0.6) is 11.5 Å². The molecule has 0 aliphatic carbocycles. The van der Waals surface area contributed by atoms with Crippen LogP contribution in [-0.2, 0) is 11.3 Å². The molecule has 0 fully saturated rings. The van der Waals surface area contributed by atoms with Crippen LogP contribution in [0.15, 0.2) is 23.2 Å². The molecule has 146 valence electrons. The number of amides is 1. The van der Waals surface area contributed by atoms with Crippen LogP contribution < -0.4 is 20.1 Å². The van der Waals surface area contributed by atoms with E-state index < -0.39 is 0 Å². The van der Waals surface area contributed by atoms with Gasteiger partial charge >= 0.3 is 0 Å². The fourth-order valence-corrected chi connectivity index (χ4v) is 2.31. The van der Waals surface area contributed by atoms with Crippen molar-refractivity contribution in [1.82, 2.24) is 15.5 Å². The molecule has 0 atom stereocenters. The van der Waals surface area contributed by atoms with Gasteiger partial charge in [0.05, 0.1) is 14.2 Å². The van der Waals surface area contributed by atoms with Crippen LogP contribution in [0, 0.1) is 5.41 Å². The van der Waals surface area contributed by atoms with Crippen LogP contribution in [0.3, 0.4) is 0 Å². The number of nitrogens with one attached hydrogen (secondary N) is 2. The van der Waals surface area contributed by atoms with Gasteiger partial charge in [-0.25, -0.2) is 0 Å². The molecule has 0 bridgehead atoms. The van der Waals surface area contributed by atoms with Crippen molar-refractivity contribution < 1.29 is 14.3 Å². The fourth-order valence-electron chi connectivity index (χ4n) is 2.31. The number of carbonyl (C=O) groups is 1. The van der Waals surface area contributed by atoms with Gasteiger partial charge in [0.1, 0.15) is 11.5 Å². The molecule has 1 aromatic rings. The lowest BCUT2D eigenvalue weighted by Crippen LogP contribution is -2.43. The molecule has 0 aromatic heterocycles. The molecule has 0 unspecified atom stereocenters. The number of ether oxygens (including phenoxy) is 2. The molecule has 0 heterocycles. The predicted molar refractivity (Wildman–Crippen MR) is 105 cm³/mol. The molecule has 1 amide bonds. The Balaban J connectivity index is 2.59. The van der Waals surface area contributed by atoms with E-state index in [1.807, 2.05) is 50.9 Å². The van der Waals surface area contributed by atoms with E-state index in [2.05, 4.69) is 15.6 Å². The number of hydrogen-bond acceptors (Lipinski definition) is 4. The summed E-state index contributed by atoms with van der Waals surface area (Å²) in [6.45, 7) is 7.44. The van der Waals surface area contributed by atoms with E-state index in [4.69, 9.17) is 9.47 Å². The molecule has 1 rings (SSSR count). The van der Waals surface area contributed by atoms with Crippen molar-refractivity contribution in [3.05, 3.63) is 23.8 Å². The highest BCUT2D eigenvalue weighted by atomic mass is 16.5. The molecular formula is C19H32N4O3. The molecule has 7 heteroatoms. The maximum Gasteiger partial charge on any atom is 0.225 e. The Hall–Kier alpha value is -2.44. The van der Waals surface area contributed by atoms with Crippen molar-refractivity contribution in [3.8, 4) is 11.5 Å². The van der Waals surface area contributed by atoms with Crippen LogP contribution in [0.2, 0.25) is 0 Å². The normalized spacial score (nSPS) is 11.7. The Morgan fingerprint density at radius 1 is 1.15 bits per heavy atom. The topological polar surface area (TPSA) is 75.2 Å². The van der Waals surface area contributed by atoms with Crippen molar-refractivity contribution in [2.75, 3.05) is 41.4 Å². The Morgan fingerprint density at radius 2 is 1.81 bits per heavy atom. The van der Waals surface area contributed by atoms with Gasteiger partial charge in [0.2, 0.25) is 5.91 Å². The quantitative estimate of drug-likeness (QED) is 0.439. The summed E-state index contributed by atoms with van der Waals surface area (Å²) in [5.74, 6) is 2.30. The molecule has 0 radical (unpaired) electrons. The average Bonchev–Trinajstić information content (AvgIpc) is 2.60. The zero-order valence-electron chi connectivity index (χ0n) is 17.0. The third-order valence-corrected chi connectivity index (χ3v) is 3.85. The Morgan fingerprint density at radius 3 is 2.35 bits per heavy atom. The first-order chi connectivity index (χ1) is 12.2. The highest BCUT2D eigenvalue weighted by molar-refractivity contribution is 5.81. The maximum absolute atomic E-state index is 11.9. The summed E-state index contributed by atoms with van der Waals surface area (Å²) in [6, 6.07) is 5.75. The van der Waals surface area contributed by atoms with E-state index in [1.54, 1.807) is 21.3 Å². The summed E-state index contributed by atoms with van der Waals surface area (Å²) in [4.78, 5) is 18.2. The van der Waals surface area contributed by atoms with Crippen molar-refractivity contribution in [2.45, 2.75) is 27.3 Å². The predicted octanol–water partition coefficient (Wildman–Crippen LogP) is 1.87. The molecular weight excluding hydrogens is 332 g/mol. The number of rotatable bonds is 7. The van der Waals surface area contributed by atoms with E-state index in [0.29, 0.717) is 19.6 Å². The molecule has 0 spiro atoms. The van der Waals surface area contributed by atoms with E-state index in [1.165, 1.54) is 0 Å². The summed E-state index contributed by atoms with van der Waals surface area (Å²) < 4.78 is 10.7. The third-order valence-electron chi connectivity index (χ3n) is 3.85. The number of aliphatic imine (C=N–C) groups is 1. The Labute approximate surface area is 156 Å². The van der Waals surface area contributed by atoms with Crippen LogP contribution in [0.1, 0.15) is 26.3 Å². The first kappa shape index (κ1) is 21.6. The van der Waals surface area contributed by atoms with Crippen molar-refractivity contribution >= 4 is 11.9 Å². The van der Waals surface area contributed by atoms with Crippen molar-refractivity contribution in [2.24, 2.45) is 10.4 Å². The molecule has 2 N–H and O–H groups in total. The second-order valence-electron chi connectivity index (χ2n) is 7.01. The molecule has 26 heavy (non-hydrogen) atoms. The Kier molecular flexibility index (Phi) is 8.22. The lowest BCUT2D eigenvalue weighted by atomic mass is 9.96. The van der Waals surface area contributed by atoms with Crippen LogP contribution in [-0.4, -0.2) is 58.2 Å². The highest BCUT2D eigenvalue weighted by Crippen LogP contribution is 2.25. The highest BCUT2D eigenvalue weighted by Gasteiger charge is 2.20. The molecule has 0 saturated heterocycles. The fraction of sp³-hybridized carbons (Fsp3) is 0.579. The summed E-state index contributed by atoms with van der Waals surface area (Å²) in [5.41, 5.74) is 0.642. The van der Waals surface area contributed by atoms with E-state index in [-0.39, 0.29) is 11.3 Å². The van der Waals surface area contributed by atoms with E-state index in [9.17, 15) is 4.79 Å². The molecule has 0 aliphatic rings. The number of benzene rings is 1. The minimum Gasteiger partial charge on any atom is -0.497 e. The summed E-state index contributed by atoms with van der Waals surface area (Å²) in [5, 5.41) is 6.16. The first-order valence-electron chi connectivity index (χ1n) is 8.64. The summed E-state index contributed by atoms with van der Waals surface area (Å²) in [6.07, 6.45) is 0. The molecule has 0 aliphatic heterocycles. The van der Waals surface area contributed by atoms with Gasteiger partial charge in [-0.05, 0) is 12.1 Å². The minimum absolute atomic E-state index is 0.0330. The standard InChI is InChI=1S/C19H32N4O3/c1-19(2,3)17(24)21-10-11-22-18(20-4)23(5)13-14-8-9-15(25-6)12-16(14)26-7/h8-9,12H,10-11,13H2,1-7H3,(H,20,22)(H,21,24). The third kappa shape index (κ3) is 6.46. The first-order valence-corrected chi connectivity index (χ1v) is 8.64. The lowest BCUT2D eigenvalue weighted by molar-refractivity contribution is -0.128. The van der Waals surface area contributed by atoms with Gasteiger partial charge in [0.15, 0.2) is 5.96 Å². The van der Waals surface area contributed by atoms with Gasteiger partial charge in [0, 0.05) is 50.8 Å². The monoisotopic (exact) mass is 364 g/mol. The number of carbonyl (C=O) groups excluding carboxylic acids is 1. The van der Waals surface area contributed by atoms with Crippen LogP contribution >= 0.6 is 0 Å². The van der Waals surface area contributed by atoms with Gasteiger partial charge in [-0.3, -0.25) is 9.79 Å². The van der Waals surface area contributed by atoms with Crippen molar-refractivity contribution in [1.29, 1.82) is 0 Å². The van der Waals surface area contributed by atoms with Gasteiger partial charge in [0.25, 0.3) is 0 Å². The summed E-state index contributed by atoms with van der Waals surface area (Å²) >= 11 is 0. The largest absolute Gasteiger partial charge is 0.497 e. The second-order valence-corrected chi connectivity index (χ2v) is 7.01. The molecule has 7 nitrogen and oxygen atoms in total. The Bertz CT molecular complexity index is 624. The second kappa shape index (κ2) is 9.89. The zero-order valence-corrected chi connectivity index (χ0v) is 17.0. The van der Waals surface area contributed by atoms with Gasteiger partial charge < -0.3 is 25.0 Å². The van der Waals surface area contributed by atoms with Crippen LogP contribution in [0.4, 0.5) is 0 Å². The number of nitrogens with zero attached hydrogens (tertiary/aromatic N) is 2. The SMILES string of the molecule is CN=C(NCCNC(=O)C(C)(C)C)N(C)Cc1ccc(OC)cc1OC. The van der Waals surface area contributed by atoms with Gasteiger partial charge in [-0.2, -0.15) is 0 Å². The minimum atomic E-state index is -0.386.